The van der Waals surface area contributed by atoms with Crippen LogP contribution in [0.2, 0.25) is 0 Å². The molecular formula is C16H24N2O4S. The van der Waals surface area contributed by atoms with E-state index in [2.05, 4.69) is 5.48 Å². The normalized spacial score (nSPS) is 18.5. The monoisotopic (exact) mass is 340 g/mol. The Morgan fingerprint density at radius 1 is 1.22 bits per heavy atom. The molecule has 1 N–H and O–H groups in total. The average Bonchev–Trinajstić information content (AvgIpc) is 2.60. The van der Waals surface area contributed by atoms with Crippen molar-refractivity contribution in [3.05, 3.63) is 35.9 Å². The van der Waals surface area contributed by atoms with Crippen molar-refractivity contribution in [2.24, 2.45) is 0 Å². The first-order valence-electron chi connectivity index (χ1n) is 7.92. The van der Waals surface area contributed by atoms with E-state index < -0.39 is 15.4 Å². The van der Waals surface area contributed by atoms with Gasteiger partial charge in [-0.25, -0.2) is 18.2 Å². The van der Waals surface area contributed by atoms with Gasteiger partial charge in [0.1, 0.15) is 0 Å². The molecule has 0 saturated carbocycles. The molecule has 1 aromatic rings. The minimum absolute atomic E-state index is 0.0798. The van der Waals surface area contributed by atoms with Crippen LogP contribution in [0, 0.1) is 0 Å². The maximum atomic E-state index is 12.7. The Balaban J connectivity index is 2.26. The minimum Gasteiger partial charge on any atom is -0.274 e. The summed E-state index contributed by atoms with van der Waals surface area (Å²) in [5.74, 6) is -0.129. The highest BCUT2D eigenvalue weighted by Gasteiger charge is 2.44. The van der Waals surface area contributed by atoms with Crippen LogP contribution < -0.4 is 5.48 Å². The lowest BCUT2D eigenvalue weighted by atomic mass is 9.72. The zero-order valence-corrected chi connectivity index (χ0v) is 14.4. The van der Waals surface area contributed by atoms with Crippen LogP contribution in [0.15, 0.2) is 30.3 Å². The van der Waals surface area contributed by atoms with Crippen LogP contribution in [-0.4, -0.2) is 44.1 Å². The molecule has 1 fully saturated rings. The summed E-state index contributed by atoms with van der Waals surface area (Å²) in [5.41, 5.74) is 2.64. The van der Waals surface area contributed by atoms with E-state index in [4.69, 9.17) is 4.84 Å². The van der Waals surface area contributed by atoms with Crippen molar-refractivity contribution in [3.63, 3.8) is 0 Å². The summed E-state index contributed by atoms with van der Waals surface area (Å²) in [6, 6.07) is 9.50. The van der Waals surface area contributed by atoms with E-state index in [-0.39, 0.29) is 11.7 Å². The smallest absolute Gasteiger partial charge is 0.254 e. The van der Waals surface area contributed by atoms with E-state index in [1.165, 1.54) is 4.31 Å². The lowest BCUT2D eigenvalue weighted by molar-refractivity contribution is -0.141. The lowest BCUT2D eigenvalue weighted by Gasteiger charge is -2.40. The molecular weight excluding hydrogens is 316 g/mol. The number of sulfonamides is 1. The van der Waals surface area contributed by atoms with Gasteiger partial charge >= 0.3 is 0 Å². The SMILES string of the molecule is CCONC(=O)C1(c2ccccc2)CCN(S(=O)(=O)CC)CC1. The van der Waals surface area contributed by atoms with Crippen LogP contribution in [-0.2, 0) is 25.1 Å². The second-order valence-corrected chi connectivity index (χ2v) is 7.87. The van der Waals surface area contributed by atoms with Gasteiger partial charge in [0.15, 0.2) is 0 Å². The van der Waals surface area contributed by atoms with Gasteiger partial charge in [-0.1, -0.05) is 30.3 Å². The Morgan fingerprint density at radius 3 is 2.35 bits per heavy atom. The third-order valence-electron chi connectivity index (χ3n) is 4.40. The van der Waals surface area contributed by atoms with E-state index in [0.717, 1.165) is 5.56 Å². The first-order valence-corrected chi connectivity index (χ1v) is 9.53. The summed E-state index contributed by atoms with van der Waals surface area (Å²) in [5, 5.41) is 0. The summed E-state index contributed by atoms with van der Waals surface area (Å²) in [7, 11) is -3.23. The van der Waals surface area contributed by atoms with Crippen LogP contribution in [0.4, 0.5) is 0 Å². The van der Waals surface area contributed by atoms with Crippen LogP contribution >= 0.6 is 0 Å². The van der Waals surface area contributed by atoms with Gasteiger partial charge in [0.2, 0.25) is 10.0 Å². The third-order valence-corrected chi connectivity index (χ3v) is 6.29. The van der Waals surface area contributed by atoms with E-state index in [1.54, 1.807) is 13.8 Å². The number of carbonyl (C=O) groups excluding carboxylic acids is 1. The highest BCUT2D eigenvalue weighted by molar-refractivity contribution is 7.89. The van der Waals surface area contributed by atoms with Gasteiger partial charge in [-0.2, -0.15) is 0 Å². The van der Waals surface area contributed by atoms with E-state index in [9.17, 15) is 13.2 Å². The number of hydrogen-bond donors (Lipinski definition) is 1. The molecule has 7 heteroatoms. The maximum Gasteiger partial charge on any atom is 0.254 e. The summed E-state index contributed by atoms with van der Waals surface area (Å²) in [4.78, 5) is 17.8. The maximum absolute atomic E-state index is 12.7. The van der Waals surface area contributed by atoms with Crippen molar-refractivity contribution < 1.29 is 18.0 Å². The molecule has 0 spiro atoms. The van der Waals surface area contributed by atoms with E-state index in [1.807, 2.05) is 30.3 Å². The summed E-state index contributed by atoms with van der Waals surface area (Å²) in [6.07, 6.45) is 0.879. The first-order chi connectivity index (χ1) is 11.0. The van der Waals surface area contributed by atoms with Crippen LogP contribution in [0.25, 0.3) is 0 Å². The standard InChI is InChI=1S/C16H24N2O4S/c1-3-22-17-15(19)16(14-8-6-5-7-9-14)10-12-18(13-11-16)23(20,21)4-2/h5-9H,3-4,10-13H2,1-2H3,(H,17,19). The zero-order valence-electron chi connectivity index (χ0n) is 13.6. The Morgan fingerprint density at radius 2 is 1.83 bits per heavy atom. The molecule has 0 bridgehead atoms. The quantitative estimate of drug-likeness (QED) is 0.795. The largest absolute Gasteiger partial charge is 0.274 e. The molecule has 1 heterocycles. The fourth-order valence-corrected chi connectivity index (χ4v) is 4.07. The Labute approximate surface area is 137 Å². The minimum atomic E-state index is -3.23. The van der Waals surface area contributed by atoms with Crippen molar-refractivity contribution in [2.75, 3.05) is 25.4 Å². The number of nitrogens with zero attached hydrogens (tertiary/aromatic N) is 1. The number of rotatable bonds is 6. The fraction of sp³-hybridized carbons (Fsp3) is 0.562. The van der Waals surface area contributed by atoms with Crippen molar-refractivity contribution in [1.29, 1.82) is 0 Å². The number of carbonyl (C=O) groups is 1. The molecule has 1 saturated heterocycles. The average molecular weight is 340 g/mol. The van der Waals surface area contributed by atoms with Gasteiger partial charge in [0, 0.05) is 13.1 Å². The molecule has 1 amide bonds. The van der Waals surface area contributed by atoms with Gasteiger partial charge in [-0.3, -0.25) is 9.63 Å². The Hall–Kier alpha value is -1.44. The second kappa shape index (κ2) is 7.42. The van der Waals surface area contributed by atoms with Crippen molar-refractivity contribution >= 4 is 15.9 Å². The number of piperidine rings is 1. The Kier molecular flexibility index (Phi) is 5.78. The third kappa shape index (κ3) is 3.73. The molecule has 6 nitrogen and oxygen atoms in total. The first kappa shape index (κ1) is 17.9. The molecule has 23 heavy (non-hydrogen) atoms. The highest BCUT2D eigenvalue weighted by Crippen LogP contribution is 2.36. The molecule has 1 aliphatic rings. The number of benzene rings is 1. The molecule has 0 aromatic heterocycles. The van der Waals surface area contributed by atoms with Gasteiger partial charge in [0.25, 0.3) is 5.91 Å². The lowest BCUT2D eigenvalue weighted by Crippen LogP contribution is -2.53. The summed E-state index contributed by atoms with van der Waals surface area (Å²) >= 11 is 0. The Bertz CT molecular complexity index is 623. The van der Waals surface area contributed by atoms with E-state index in [0.29, 0.717) is 32.5 Å². The topological polar surface area (TPSA) is 75.7 Å². The van der Waals surface area contributed by atoms with Crippen LogP contribution in [0.3, 0.4) is 0 Å². The van der Waals surface area contributed by atoms with Crippen molar-refractivity contribution in [3.8, 4) is 0 Å². The van der Waals surface area contributed by atoms with Crippen LogP contribution in [0.1, 0.15) is 32.3 Å². The number of hydroxylamine groups is 1. The summed E-state index contributed by atoms with van der Waals surface area (Å²) < 4.78 is 25.6. The molecule has 128 valence electrons. The highest BCUT2D eigenvalue weighted by atomic mass is 32.2. The molecule has 0 unspecified atom stereocenters. The number of hydrogen-bond acceptors (Lipinski definition) is 4. The summed E-state index contributed by atoms with van der Waals surface area (Å²) in [6.45, 7) is 4.49. The van der Waals surface area contributed by atoms with E-state index >= 15 is 0 Å². The molecule has 0 radical (unpaired) electrons. The molecule has 0 atom stereocenters. The predicted molar refractivity (Wildman–Crippen MR) is 88.2 cm³/mol. The fourth-order valence-electron chi connectivity index (χ4n) is 2.97. The molecule has 1 aromatic carbocycles. The number of nitrogens with one attached hydrogen (secondary N) is 1. The van der Waals surface area contributed by atoms with Gasteiger partial charge in [0.05, 0.1) is 17.8 Å². The molecule has 2 rings (SSSR count). The molecule has 1 aliphatic heterocycles. The number of amides is 1. The van der Waals surface area contributed by atoms with Gasteiger partial charge in [-0.05, 0) is 32.3 Å². The van der Waals surface area contributed by atoms with Crippen molar-refractivity contribution in [1.82, 2.24) is 9.79 Å². The zero-order chi connectivity index (χ0) is 16.9. The second-order valence-electron chi connectivity index (χ2n) is 5.61. The van der Waals surface area contributed by atoms with Crippen LogP contribution in [0.5, 0.6) is 0 Å². The van der Waals surface area contributed by atoms with Crippen molar-refractivity contribution in [2.45, 2.75) is 32.1 Å². The van der Waals surface area contributed by atoms with Gasteiger partial charge in [-0.15, -0.1) is 0 Å². The molecule has 0 aliphatic carbocycles. The predicted octanol–water partition coefficient (Wildman–Crippen LogP) is 1.44. The van der Waals surface area contributed by atoms with Gasteiger partial charge < -0.3 is 0 Å².